The van der Waals surface area contributed by atoms with Crippen LogP contribution in [0, 0.1) is 17.3 Å². The van der Waals surface area contributed by atoms with E-state index in [9.17, 15) is 14.4 Å². The van der Waals surface area contributed by atoms with Gasteiger partial charge in [0.15, 0.2) is 0 Å². The predicted octanol–water partition coefficient (Wildman–Crippen LogP) is 0.999. The maximum absolute atomic E-state index is 11.8. The van der Waals surface area contributed by atoms with Gasteiger partial charge in [-0.25, -0.2) is 4.79 Å². The van der Waals surface area contributed by atoms with E-state index in [1.807, 2.05) is 20.8 Å². The van der Waals surface area contributed by atoms with Gasteiger partial charge in [0.2, 0.25) is 18.7 Å². The standard InChI is InChI=1S/C14H20O7/c1-6(15)18-10-8-9(14(3,4)5)13(19-7(2)16)21-12(8)20-11(10)17/h8-10,12-13H,1-5H3/t8-,9-,10-,12-,13-/m0/s1. The van der Waals surface area contributed by atoms with Gasteiger partial charge >= 0.3 is 17.9 Å². The van der Waals surface area contributed by atoms with Gasteiger partial charge in [-0.15, -0.1) is 0 Å². The number of hydrogen-bond donors (Lipinski definition) is 0. The second-order valence-electron chi connectivity index (χ2n) is 6.42. The van der Waals surface area contributed by atoms with E-state index < -0.39 is 42.5 Å². The molecule has 0 N–H and O–H groups in total. The minimum Gasteiger partial charge on any atom is -0.450 e. The number of fused-ring (bicyclic) bond motifs is 1. The fraction of sp³-hybridized carbons (Fsp3) is 0.786. The van der Waals surface area contributed by atoms with E-state index in [-0.39, 0.29) is 11.3 Å². The zero-order chi connectivity index (χ0) is 15.9. The minimum atomic E-state index is -1.03. The van der Waals surface area contributed by atoms with E-state index in [2.05, 4.69) is 0 Å². The Morgan fingerprint density at radius 1 is 1.10 bits per heavy atom. The fourth-order valence-electron chi connectivity index (χ4n) is 2.99. The Balaban J connectivity index is 2.30. The molecule has 2 rings (SSSR count). The summed E-state index contributed by atoms with van der Waals surface area (Å²) >= 11 is 0. The molecule has 7 heteroatoms. The molecule has 0 aromatic heterocycles. The molecule has 0 aromatic rings. The first-order valence-electron chi connectivity index (χ1n) is 6.81. The van der Waals surface area contributed by atoms with Crippen LogP contribution in [0.2, 0.25) is 0 Å². The van der Waals surface area contributed by atoms with Crippen LogP contribution in [0.15, 0.2) is 0 Å². The van der Waals surface area contributed by atoms with Crippen molar-refractivity contribution in [2.45, 2.75) is 53.3 Å². The van der Waals surface area contributed by atoms with Crippen LogP contribution < -0.4 is 0 Å². The third kappa shape index (κ3) is 3.02. The average molecular weight is 300 g/mol. The molecule has 0 spiro atoms. The van der Waals surface area contributed by atoms with E-state index in [0.29, 0.717) is 0 Å². The third-order valence-electron chi connectivity index (χ3n) is 3.68. The Labute approximate surface area is 122 Å². The van der Waals surface area contributed by atoms with Gasteiger partial charge in [-0.1, -0.05) is 20.8 Å². The predicted molar refractivity (Wildman–Crippen MR) is 68.5 cm³/mol. The van der Waals surface area contributed by atoms with E-state index >= 15 is 0 Å². The summed E-state index contributed by atoms with van der Waals surface area (Å²) in [4.78, 5) is 34.3. The number of carbonyl (C=O) groups excluding carboxylic acids is 3. The van der Waals surface area contributed by atoms with Crippen LogP contribution in [-0.4, -0.2) is 36.6 Å². The summed E-state index contributed by atoms with van der Waals surface area (Å²) in [7, 11) is 0. The molecule has 7 nitrogen and oxygen atoms in total. The van der Waals surface area contributed by atoms with Crippen molar-refractivity contribution in [3.8, 4) is 0 Å². The zero-order valence-corrected chi connectivity index (χ0v) is 12.7. The summed E-state index contributed by atoms with van der Waals surface area (Å²) in [5, 5.41) is 0. The third-order valence-corrected chi connectivity index (χ3v) is 3.68. The molecule has 0 radical (unpaired) electrons. The van der Waals surface area contributed by atoms with Gasteiger partial charge < -0.3 is 18.9 Å². The van der Waals surface area contributed by atoms with Crippen LogP contribution in [-0.2, 0) is 33.3 Å². The van der Waals surface area contributed by atoms with Crippen LogP contribution >= 0.6 is 0 Å². The molecule has 0 saturated carbocycles. The molecule has 5 atom stereocenters. The summed E-state index contributed by atoms with van der Waals surface area (Å²) in [5.74, 6) is -2.51. The van der Waals surface area contributed by atoms with Crippen LogP contribution in [0.1, 0.15) is 34.6 Å². The molecule has 2 aliphatic rings. The molecule has 0 unspecified atom stereocenters. The van der Waals surface area contributed by atoms with E-state index in [1.54, 1.807) is 0 Å². The SMILES string of the molecule is CC(=O)O[C@H]1O[C@@H]2OC(=O)[C@@H](OC(C)=O)[C@@H]2[C@@H]1C(C)(C)C. The summed E-state index contributed by atoms with van der Waals surface area (Å²) in [6.07, 6.45) is -2.73. The average Bonchev–Trinajstić information content (AvgIpc) is 2.73. The second kappa shape index (κ2) is 5.29. The van der Waals surface area contributed by atoms with Crippen molar-refractivity contribution >= 4 is 17.9 Å². The van der Waals surface area contributed by atoms with Crippen molar-refractivity contribution < 1.29 is 33.3 Å². The molecular weight excluding hydrogens is 280 g/mol. The number of ether oxygens (including phenoxy) is 4. The fourth-order valence-corrected chi connectivity index (χ4v) is 2.99. The van der Waals surface area contributed by atoms with Crippen molar-refractivity contribution in [3.05, 3.63) is 0 Å². The molecule has 118 valence electrons. The molecule has 2 aliphatic heterocycles. The highest BCUT2D eigenvalue weighted by molar-refractivity contribution is 5.81. The number of carbonyl (C=O) groups is 3. The maximum atomic E-state index is 11.8. The Kier molecular flexibility index (Phi) is 3.97. The summed E-state index contributed by atoms with van der Waals surface area (Å²) in [5.41, 5.74) is -0.341. The second-order valence-corrected chi connectivity index (χ2v) is 6.42. The normalized spacial score (nSPS) is 35.1. The highest BCUT2D eigenvalue weighted by atomic mass is 16.8. The highest BCUT2D eigenvalue weighted by Crippen LogP contribution is 2.49. The van der Waals surface area contributed by atoms with E-state index in [4.69, 9.17) is 18.9 Å². The Hall–Kier alpha value is -1.63. The molecular formula is C14H20O7. The van der Waals surface area contributed by atoms with Crippen LogP contribution in [0.3, 0.4) is 0 Å². The van der Waals surface area contributed by atoms with Gasteiger partial charge in [0.25, 0.3) is 0 Å². The summed E-state index contributed by atoms with van der Waals surface area (Å²) in [6.45, 7) is 8.33. The van der Waals surface area contributed by atoms with Crippen molar-refractivity contribution in [3.63, 3.8) is 0 Å². The molecule has 2 saturated heterocycles. The Morgan fingerprint density at radius 2 is 1.67 bits per heavy atom. The monoisotopic (exact) mass is 300 g/mol. The van der Waals surface area contributed by atoms with Gasteiger partial charge in [-0.3, -0.25) is 9.59 Å². The molecule has 0 aliphatic carbocycles. The van der Waals surface area contributed by atoms with Crippen molar-refractivity contribution in [1.29, 1.82) is 0 Å². The van der Waals surface area contributed by atoms with Gasteiger partial charge in [0.1, 0.15) is 0 Å². The lowest BCUT2D eigenvalue weighted by Gasteiger charge is -2.34. The van der Waals surface area contributed by atoms with Gasteiger partial charge in [0.05, 0.1) is 5.92 Å². The van der Waals surface area contributed by atoms with Crippen molar-refractivity contribution in [2.75, 3.05) is 0 Å². The molecule has 21 heavy (non-hydrogen) atoms. The van der Waals surface area contributed by atoms with Gasteiger partial charge in [-0.05, 0) is 5.41 Å². The Bertz CT molecular complexity index is 464. The molecule has 0 aromatic carbocycles. The smallest absolute Gasteiger partial charge is 0.350 e. The lowest BCUT2D eigenvalue weighted by Crippen LogP contribution is -2.41. The van der Waals surface area contributed by atoms with E-state index in [1.165, 1.54) is 13.8 Å². The number of rotatable bonds is 2. The minimum absolute atomic E-state index is 0.331. The summed E-state index contributed by atoms with van der Waals surface area (Å²) in [6, 6.07) is 0. The van der Waals surface area contributed by atoms with Crippen LogP contribution in [0.4, 0.5) is 0 Å². The maximum Gasteiger partial charge on any atom is 0.350 e. The van der Waals surface area contributed by atoms with Crippen molar-refractivity contribution in [2.24, 2.45) is 17.3 Å². The molecule has 0 amide bonds. The first-order valence-corrected chi connectivity index (χ1v) is 6.81. The molecule has 2 fully saturated rings. The first-order chi connectivity index (χ1) is 9.61. The lowest BCUT2D eigenvalue weighted by atomic mass is 9.72. The number of hydrogen-bond acceptors (Lipinski definition) is 7. The van der Waals surface area contributed by atoms with Crippen LogP contribution in [0.25, 0.3) is 0 Å². The summed E-state index contributed by atoms with van der Waals surface area (Å²) < 4.78 is 20.9. The number of esters is 3. The quantitative estimate of drug-likeness (QED) is 0.555. The lowest BCUT2D eigenvalue weighted by molar-refractivity contribution is -0.213. The largest absolute Gasteiger partial charge is 0.450 e. The molecule has 2 heterocycles. The molecule has 0 bridgehead atoms. The first kappa shape index (κ1) is 15.8. The topological polar surface area (TPSA) is 88.1 Å². The zero-order valence-electron chi connectivity index (χ0n) is 12.7. The highest BCUT2D eigenvalue weighted by Gasteiger charge is 2.62. The van der Waals surface area contributed by atoms with Gasteiger partial charge in [-0.2, -0.15) is 0 Å². The van der Waals surface area contributed by atoms with Gasteiger partial charge in [0, 0.05) is 19.8 Å². The van der Waals surface area contributed by atoms with Crippen molar-refractivity contribution in [1.82, 2.24) is 0 Å². The van der Waals surface area contributed by atoms with Crippen LogP contribution in [0.5, 0.6) is 0 Å². The van der Waals surface area contributed by atoms with E-state index in [0.717, 1.165) is 0 Å². The Morgan fingerprint density at radius 3 is 2.14 bits per heavy atom.